The molecule has 0 aliphatic heterocycles. The van der Waals surface area contributed by atoms with Gasteiger partial charge in [-0.05, 0) is 28.7 Å². The van der Waals surface area contributed by atoms with Gasteiger partial charge in [-0.3, -0.25) is 0 Å². The number of methoxy groups -OCH3 is 1. The van der Waals surface area contributed by atoms with Crippen LogP contribution in [0.2, 0.25) is 0 Å². The highest BCUT2D eigenvalue weighted by Crippen LogP contribution is 2.27. The number of nitrogens with one attached hydrogen (secondary N) is 1. The highest BCUT2D eigenvalue weighted by Gasteiger charge is 2.15. The van der Waals surface area contributed by atoms with Crippen LogP contribution in [0.15, 0.2) is 42.5 Å². The molecule has 4 aromatic rings. The lowest BCUT2D eigenvalue weighted by Gasteiger charge is -2.19. The van der Waals surface area contributed by atoms with E-state index < -0.39 is 0 Å². The molecule has 0 saturated heterocycles. The largest absolute Gasteiger partial charge is 0.494 e. The van der Waals surface area contributed by atoms with Gasteiger partial charge in [0, 0.05) is 11.9 Å². The molecule has 4 rings (SSSR count). The number of hydrogen-bond acceptors (Lipinski definition) is 6. The van der Waals surface area contributed by atoms with E-state index >= 15 is 0 Å². The molecule has 0 amide bonds. The number of hydrogen-bond donors (Lipinski definition) is 2. The summed E-state index contributed by atoms with van der Waals surface area (Å²) in [5, 5.41) is 8.77. The minimum atomic E-state index is 0.159. The van der Waals surface area contributed by atoms with Crippen molar-refractivity contribution in [1.29, 1.82) is 0 Å². The fourth-order valence-electron chi connectivity index (χ4n) is 3.35. The highest BCUT2D eigenvalue weighted by atomic mass is 16.5. The third-order valence-corrected chi connectivity index (χ3v) is 4.99. The van der Waals surface area contributed by atoms with Gasteiger partial charge in [0.25, 0.3) is 0 Å². The number of benzene rings is 2. The lowest BCUT2D eigenvalue weighted by molar-refractivity contribution is 0.419. The Labute approximate surface area is 169 Å². The van der Waals surface area contributed by atoms with E-state index in [2.05, 4.69) is 65.4 Å². The molecule has 0 fully saturated rings. The van der Waals surface area contributed by atoms with Crippen molar-refractivity contribution < 1.29 is 4.74 Å². The average molecular weight is 390 g/mol. The van der Waals surface area contributed by atoms with Crippen molar-refractivity contribution in [3.8, 4) is 5.75 Å². The minimum Gasteiger partial charge on any atom is -0.494 e. The Bertz CT molecular complexity index is 1160. The Balaban J connectivity index is 1.53. The van der Waals surface area contributed by atoms with Gasteiger partial charge < -0.3 is 15.8 Å². The van der Waals surface area contributed by atoms with E-state index in [1.54, 1.807) is 11.6 Å². The van der Waals surface area contributed by atoms with E-state index in [-0.39, 0.29) is 11.4 Å². The fraction of sp³-hybridized carbons (Fsp3) is 0.318. The van der Waals surface area contributed by atoms with Gasteiger partial charge in [0.05, 0.1) is 13.7 Å². The van der Waals surface area contributed by atoms with Gasteiger partial charge in [-0.2, -0.15) is 4.52 Å². The maximum absolute atomic E-state index is 6.10. The normalized spacial score (nSPS) is 12.0. The molecule has 150 valence electrons. The lowest BCUT2D eigenvalue weighted by atomic mass is 9.87. The molecule has 0 bridgehead atoms. The van der Waals surface area contributed by atoms with Crippen molar-refractivity contribution >= 4 is 22.5 Å². The Hall–Kier alpha value is -3.19. The predicted molar refractivity (Wildman–Crippen MR) is 115 cm³/mol. The van der Waals surface area contributed by atoms with Gasteiger partial charge in [0.15, 0.2) is 11.5 Å². The molecule has 2 heterocycles. The number of aromatic nitrogens is 4. The minimum absolute atomic E-state index is 0.159. The highest BCUT2D eigenvalue weighted by molar-refractivity contribution is 5.95. The summed E-state index contributed by atoms with van der Waals surface area (Å²) >= 11 is 0. The molecule has 7 nitrogen and oxygen atoms in total. The second-order valence-corrected chi connectivity index (χ2v) is 8.14. The third kappa shape index (κ3) is 3.73. The van der Waals surface area contributed by atoms with Gasteiger partial charge in [0.1, 0.15) is 11.3 Å². The molecule has 2 aromatic heterocycles. The van der Waals surface area contributed by atoms with Gasteiger partial charge >= 0.3 is 0 Å². The van der Waals surface area contributed by atoms with Crippen LogP contribution in [0.3, 0.4) is 0 Å². The van der Waals surface area contributed by atoms with Crippen molar-refractivity contribution in [2.24, 2.45) is 0 Å². The standard InChI is InChI=1S/C22H26N6O/c1-22(2,3)15-10-8-14(9-11-15)12-24-13-18-25-20-16-6-5-7-17(29-4)19(16)26-21(23)28(20)27-18/h5-11,24H,12-13H2,1-4H3,(H2,23,26). The number of nitrogens with two attached hydrogens (primary N) is 1. The number of nitrogens with zero attached hydrogens (tertiary/aromatic N) is 4. The van der Waals surface area contributed by atoms with E-state index in [0.29, 0.717) is 29.3 Å². The van der Waals surface area contributed by atoms with Crippen molar-refractivity contribution in [2.45, 2.75) is 39.3 Å². The number of fused-ring (bicyclic) bond motifs is 3. The van der Waals surface area contributed by atoms with E-state index in [9.17, 15) is 0 Å². The summed E-state index contributed by atoms with van der Waals surface area (Å²) < 4.78 is 6.97. The summed E-state index contributed by atoms with van der Waals surface area (Å²) in [4.78, 5) is 9.11. The molecule has 0 spiro atoms. The van der Waals surface area contributed by atoms with E-state index in [0.717, 1.165) is 11.9 Å². The van der Waals surface area contributed by atoms with Crippen LogP contribution in [0.5, 0.6) is 5.75 Å². The monoisotopic (exact) mass is 390 g/mol. The zero-order valence-electron chi connectivity index (χ0n) is 17.2. The SMILES string of the molecule is COc1cccc2c1nc(N)n1nc(CNCc3ccc(C(C)(C)C)cc3)nc21. The van der Waals surface area contributed by atoms with Crippen molar-refractivity contribution in [1.82, 2.24) is 24.9 Å². The first-order valence-corrected chi connectivity index (χ1v) is 9.65. The third-order valence-electron chi connectivity index (χ3n) is 4.99. The van der Waals surface area contributed by atoms with Gasteiger partial charge in [-0.25, -0.2) is 9.97 Å². The summed E-state index contributed by atoms with van der Waals surface area (Å²) in [6, 6.07) is 14.4. The quantitative estimate of drug-likeness (QED) is 0.542. The summed E-state index contributed by atoms with van der Waals surface area (Å²) in [6.45, 7) is 7.93. The fourth-order valence-corrected chi connectivity index (χ4v) is 3.35. The van der Waals surface area contributed by atoms with Crippen molar-refractivity contribution in [3.05, 3.63) is 59.4 Å². The first-order chi connectivity index (χ1) is 13.9. The lowest BCUT2D eigenvalue weighted by Crippen LogP contribution is -2.15. The Morgan fingerprint density at radius 3 is 2.48 bits per heavy atom. The van der Waals surface area contributed by atoms with E-state index in [4.69, 9.17) is 10.5 Å². The Kier molecular flexibility index (Phi) is 4.84. The average Bonchev–Trinajstić information content (AvgIpc) is 3.12. The van der Waals surface area contributed by atoms with Crippen LogP contribution in [0.4, 0.5) is 5.95 Å². The molecular formula is C22H26N6O. The maximum atomic E-state index is 6.10. The smallest absolute Gasteiger partial charge is 0.223 e. The Morgan fingerprint density at radius 1 is 1.03 bits per heavy atom. The second kappa shape index (κ2) is 7.33. The number of ether oxygens (including phenoxy) is 1. The number of rotatable bonds is 5. The molecule has 0 radical (unpaired) electrons. The van der Waals surface area contributed by atoms with Crippen LogP contribution < -0.4 is 15.8 Å². The molecule has 0 aliphatic rings. The molecule has 29 heavy (non-hydrogen) atoms. The molecule has 7 heteroatoms. The van der Waals surface area contributed by atoms with E-state index in [1.807, 2.05) is 18.2 Å². The van der Waals surface area contributed by atoms with Crippen molar-refractivity contribution in [2.75, 3.05) is 12.8 Å². The van der Waals surface area contributed by atoms with Crippen LogP contribution in [-0.4, -0.2) is 26.7 Å². The van der Waals surface area contributed by atoms with Crippen LogP contribution >= 0.6 is 0 Å². The van der Waals surface area contributed by atoms with Gasteiger partial charge in [-0.1, -0.05) is 51.1 Å². The summed E-state index contributed by atoms with van der Waals surface area (Å²) in [5.74, 6) is 1.62. The van der Waals surface area contributed by atoms with Gasteiger partial charge in [0.2, 0.25) is 5.95 Å². The number of anilines is 1. The molecule has 0 unspecified atom stereocenters. The number of para-hydroxylation sites is 1. The van der Waals surface area contributed by atoms with Crippen LogP contribution in [0.25, 0.3) is 16.6 Å². The molecule has 3 N–H and O–H groups in total. The van der Waals surface area contributed by atoms with Crippen LogP contribution in [0.1, 0.15) is 37.7 Å². The molecule has 0 saturated carbocycles. The first kappa shape index (κ1) is 19.1. The number of nitrogen functional groups attached to an aromatic ring is 1. The van der Waals surface area contributed by atoms with Crippen molar-refractivity contribution in [3.63, 3.8) is 0 Å². The van der Waals surface area contributed by atoms with Crippen LogP contribution in [-0.2, 0) is 18.5 Å². The topological polar surface area (TPSA) is 90.4 Å². The summed E-state index contributed by atoms with van der Waals surface area (Å²) in [5.41, 5.74) is 10.2. The molecular weight excluding hydrogens is 364 g/mol. The van der Waals surface area contributed by atoms with Gasteiger partial charge in [-0.15, -0.1) is 5.10 Å². The summed E-state index contributed by atoms with van der Waals surface area (Å²) in [6.07, 6.45) is 0. The zero-order valence-corrected chi connectivity index (χ0v) is 17.2. The zero-order chi connectivity index (χ0) is 20.6. The van der Waals surface area contributed by atoms with Crippen LogP contribution in [0, 0.1) is 0 Å². The predicted octanol–water partition coefficient (Wildman–Crippen LogP) is 3.46. The first-order valence-electron chi connectivity index (χ1n) is 9.65. The molecule has 0 atom stereocenters. The Morgan fingerprint density at radius 2 is 1.79 bits per heavy atom. The van der Waals surface area contributed by atoms with E-state index in [1.165, 1.54) is 11.1 Å². The second-order valence-electron chi connectivity index (χ2n) is 8.14. The molecule has 2 aromatic carbocycles. The summed E-state index contributed by atoms with van der Waals surface area (Å²) in [7, 11) is 1.62. The maximum Gasteiger partial charge on any atom is 0.223 e. The molecule has 0 aliphatic carbocycles.